The highest BCUT2D eigenvalue weighted by molar-refractivity contribution is 5.68. The fourth-order valence-corrected chi connectivity index (χ4v) is 2.10. The molecule has 0 unspecified atom stereocenters. The van der Waals surface area contributed by atoms with E-state index in [1.807, 2.05) is 4.90 Å². The van der Waals surface area contributed by atoms with Gasteiger partial charge in [-0.15, -0.1) is 0 Å². The molecule has 15 heavy (non-hydrogen) atoms. The van der Waals surface area contributed by atoms with Crippen LogP contribution in [0.2, 0.25) is 0 Å². The van der Waals surface area contributed by atoms with Crippen LogP contribution in [-0.2, 0) is 4.74 Å². The Bertz CT molecular complexity index is 233. The minimum atomic E-state index is -0.109. The molecule has 0 atom stereocenters. The second kappa shape index (κ2) is 4.39. The highest BCUT2D eigenvalue weighted by Crippen LogP contribution is 2.43. The van der Waals surface area contributed by atoms with Crippen LogP contribution in [0.15, 0.2) is 0 Å². The Hall–Kier alpha value is -0.770. The maximum Gasteiger partial charge on any atom is 0.410 e. The van der Waals surface area contributed by atoms with Crippen molar-refractivity contribution in [3.63, 3.8) is 0 Å². The first-order chi connectivity index (χ1) is 7.26. The van der Waals surface area contributed by atoms with Gasteiger partial charge in [-0.1, -0.05) is 13.3 Å². The number of ether oxygens (including phenoxy) is 1. The van der Waals surface area contributed by atoms with Gasteiger partial charge in [0.1, 0.15) is 5.60 Å². The van der Waals surface area contributed by atoms with Crippen molar-refractivity contribution in [3.8, 4) is 0 Å². The number of carbonyl (C=O) groups excluding carboxylic acids is 1. The largest absolute Gasteiger partial charge is 0.443 e. The Morgan fingerprint density at radius 2 is 2.07 bits per heavy atom. The van der Waals surface area contributed by atoms with Crippen LogP contribution in [-0.4, -0.2) is 42.8 Å². The molecule has 0 aromatic heterocycles. The Balaban J connectivity index is 1.80. The summed E-state index contributed by atoms with van der Waals surface area (Å²) in [7, 11) is 0. The van der Waals surface area contributed by atoms with Crippen molar-refractivity contribution in [2.75, 3.05) is 26.2 Å². The zero-order valence-corrected chi connectivity index (χ0v) is 9.42. The number of nitrogens with one attached hydrogen (secondary N) is 1. The maximum atomic E-state index is 11.8. The number of amides is 1. The lowest BCUT2D eigenvalue weighted by atomic mass is 10.2. The van der Waals surface area contributed by atoms with Crippen LogP contribution in [0, 0.1) is 0 Å². The Morgan fingerprint density at radius 1 is 1.40 bits per heavy atom. The minimum Gasteiger partial charge on any atom is -0.443 e. The van der Waals surface area contributed by atoms with Crippen LogP contribution >= 0.6 is 0 Å². The van der Waals surface area contributed by atoms with E-state index >= 15 is 0 Å². The van der Waals surface area contributed by atoms with Crippen LogP contribution in [0.25, 0.3) is 0 Å². The van der Waals surface area contributed by atoms with Gasteiger partial charge in [0.15, 0.2) is 0 Å². The van der Waals surface area contributed by atoms with Gasteiger partial charge >= 0.3 is 6.09 Å². The number of hydrogen-bond donors (Lipinski definition) is 1. The Morgan fingerprint density at radius 3 is 2.60 bits per heavy atom. The van der Waals surface area contributed by atoms with Gasteiger partial charge in [-0.05, 0) is 19.3 Å². The van der Waals surface area contributed by atoms with Crippen LogP contribution in [0.5, 0.6) is 0 Å². The molecule has 86 valence electrons. The van der Waals surface area contributed by atoms with Gasteiger partial charge in [0.05, 0.1) is 0 Å². The SMILES string of the molecule is CCCC1(OC(=O)N2CCNCC2)CC1. The summed E-state index contributed by atoms with van der Waals surface area (Å²) in [6.45, 7) is 5.46. The second-order valence-corrected chi connectivity index (χ2v) is 4.54. The predicted molar refractivity (Wildman–Crippen MR) is 57.8 cm³/mol. The molecular formula is C11H20N2O2. The van der Waals surface area contributed by atoms with E-state index < -0.39 is 0 Å². The zero-order valence-electron chi connectivity index (χ0n) is 9.42. The standard InChI is InChI=1S/C11H20N2O2/c1-2-3-11(4-5-11)15-10(14)13-8-6-12-7-9-13/h12H,2-9H2,1H3. The van der Waals surface area contributed by atoms with E-state index in [0.717, 1.165) is 51.9 Å². The summed E-state index contributed by atoms with van der Waals surface area (Å²) in [5.74, 6) is 0. The lowest BCUT2D eigenvalue weighted by Crippen LogP contribution is -2.47. The molecule has 1 N–H and O–H groups in total. The van der Waals surface area contributed by atoms with Crippen molar-refractivity contribution in [2.24, 2.45) is 0 Å². The van der Waals surface area contributed by atoms with E-state index in [4.69, 9.17) is 4.74 Å². The van der Waals surface area contributed by atoms with Gasteiger partial charge < -0.3 is 15.0 Å². The first kappa shape index (κ1) is 10.7. The average molecular weight is 212 g/mol. The lowest BCUT2D eigenvalue weighted by molar-refractivity contribution is 0.0427. The summed E-state index contributed by atoms with van der Waals surface area (Å²) in [4.78, 5) is 13.6. The molecule has 4 heteroatoms. The highest BCUT2D eigenvalue weighted by Gasteiger charge is 2.46. The predicted octanol–water partition coefficient (Wildman–Crippen LogP) is 1.36. The minimum absolute atomic E-state index is 0.0866. The molecule has 1 saturated carbocycles. The lowest BCUT2D eigenvalue weighted by Gasteiger charge is -2.28. The topological polar surface area (TPSA) is 41.6 Å². The maximum absolute atomic E-state index is 11.8. The summed E-state index contributed by atoms with van der Waals surface area (Å²) in [5, 5.41) is 3.22. The molecule has 1 amide bonds. The van der Waals surface area contributed by atoms with E-state index in [-0.39, 0.29) is 11.7 Å². The summed E-state index contributed by atoms with van der Waals surface area (Å²) in [6, 6.07) is 0. The molecule has 0 aromatic rings. The third-order valence-corrected chi connectivity index (χ3v) is 3.19. The van der Waals surface area contributed by atoms with Crippen molar-refractivity contribution in [2.45, 2.75) is 38.2 Å². The molecule has 1 heterocycles. The Labute approximate surface area is 91.0 Å². The van der Waals surface area contributed by atoms with Crippen LogP contribution in [0.1, 0.15) is 32.6 Å². The van der Waals surface area contributed by atoms with Crippen molar-refractivity contribution < 1.29 is 9.53 Å². The highest BCUT2D eigenvalue weighted by atomic mass is 16.6. The summed E-state index contributed by atoms with van der Waals surface area (Å²) in [6.07, 6.45) is 4.11. The zero-order chi connectivity index (χ0) is 10.7. The first-order valence-corrected chi connectivity index (χ1v) is 5.94. The molecule has 0 aromatic carbocycles. The van der Waals surface area contributed by atoms with Gasteiger partial charge in [-0.25, -0.2) is 4.79 Å². The number of rotatable bonds is 3. The summed E-state index contributed by atoms with van der Waals surface area (Å²) in [5.41, 5.74) is -0.0866. The van der Waals surface area contributed by atoms with E-state index in [0.29, 0.717) is 0 Å². The number of piperazine rings is 1. The van der Waals surface area contributed by atoms with Gasteiger partial charge in [0, 0.05) is 26.2 Å². The second-order valence-electron chi connectivity index (χ2n) is 4.54. The molecular weight excluding hydrogens is 192 g/mol. The molecule has 2 rings (SSSR count). The van der Waals surface area contributed by atoms with Crippen LogP contribution in [0.4, 0.5) is 4.79 Å². The van der Waals surface area contributed by atoms with Crippen LogP contribution < -0.4 is 5.32 Å². The number of nitrogens with zero attached hydrogens (tertiary/aromatic N) is 1. The van der Waals surface area contributed by atoms with Gasteiger partial charge in [-0.3, -0.25) is 0 Å². The number of carbonyl (C=O) groups is 1. The molecule has 2 aliphatic rings. The molecule has 0 bridgehead atoms. The smallest absolute Gasteiger partial charge is 0.410 e. The van der Waals surface area contributed by atoms with Crippen molar-refractivity contribution in [1.82, 2.24) is 10.2 Å². The summed E-state index contributed by atoms with van der Waals surface area (Å²) < 4.78 is 5.59. The third-order valence-electron chi connectivity index (χ3n) is 3.19. The third kappa shape index (κ3) is 2.62. The van der Waals surface area contributed by atoms with E-state index in [2.05, 4.69) is 12.2 Å². The van der Waals surface area contributed by atoms with Crippen molar-refractivity contribution in [3.05, 3.63) is 0 Å². The number of hydrogen-bond acceptors (Lipinski definition) is 3. The first-order valence-electron chi connectivity index (χ1n) is 5.94. The van der Waals surface area contributed by atoms with Crippen molar-refractivity contribution >= 4 is 6.09 Å². The quantitative estimate of drug-likeness (QED) is 0.768. The van der Waals surface area contributed by atoms with Gasteiger partial charge in [0.2, 0.25) is 0 Å². The molecule has 2 fully saturated rings. The van der Waals surface area contributed by atoms with Crippen molar-refractivity contribution in [1.29, 1.82) is 0 Å². The fourth-order valence-electron chi connectivity index (χ4n) is 2.10. The molecule has 0 radical (unpaired) electrons. The summed E-state index contributed by atoms with van der Waals surface area (Å²) >= 11 is 0. The van der Waals surface area contributed by atoms with E-state index in [1.54, 1.807) is 0 Å². The van der Waals surface area contributed by atoms with E-state index in [1.165, 1.54) is 0 Å². The molecule has 0 spiro atoms. The van der Waals surface area contributed by atoms with Gasteiger partial charge in [-0.2, -0.15) is 0 Å². The van der Waals surface area contributed by atoms with Crippen LogP contribution in [0.3, 0.4) is 0 Å². The fraction of sp³-hybridized carbons (Fsp3) is 0.909. The molecule has 1 saturated heterocycles. The normalized spacial score (nSPS) is 23.7. The average Bonchev–Trinajstić information content (AvgIpc) is 3.00. The Kier molecular flexibility index (Phi) is 3.14. The molecule has 4 nitrogen and oxygen atoms in total. The molecule has 1 aliphatic carbocycles. The van der Waals surface area contributed by atoms with Gasteiger partial charge in [0.25, 0.3) is 0 Å². The monoisotopic (exact) mass is 212 g/mol. The molecule has 1 aliphatic heterocycles. The van der Waals surface area contributed by atoms with E-state index in [9.17, 15) is 4.79 Å².